The highest BCUT2D eigenvalue weighted by molar-refractivity contribution is 5.58. The average Bonchev–Trinajstić information content (AvgIpc) is 2.40. The zero-order valence-corrected chi connectivity index (χ0v) is 10.4. The predicted octanol–water partition coefficient (Wildman–Crippen LogP) is 0.470. The number of hydrazine groups is 1. The minimum Gasteiger partial charge on any atom is -0.378 e. The lowest BCUT2D eigenvalue weighted by Crippen LogP contribution is -2.37. The summed E-state index contributed by atoms with van der Waals surface area (Å²) in [6.45, 7) is 7.25. The average molecular weight is 237 g/mol. The van der Waals surface area contributed by atoms with E-state index in [9.17, 15) is 0 Å². The van der Waals surface area contributed by atoms with Crippen LogP contribution in [-0.4, -0.2) is 36.3 Å². The van der Waals surface area contributed by atoms with Gasteiger partial charge in [0.1, 0.15) is 17.5 Å². The van der Waals surface area contributed by atoms with E-state index in [0.29, 0.717) is 5.82 Å². The SMILES string of the molecule is CCc1nc(NN)c(C)c(N2CCOCC2)n1. The van der Waals surface area contributed by atoms with Crippen molar-refractivity contribution in [1.29, 1.82) is 0 Å². The monoisotopic (exact) mass is 237 g/mol. The van der Waals surface area contributed by atoms with Gasteiger partial charge < -0.3 is 15.1 Å². The van der Waals surface area contributed by atoms with Crippen LogP contribution in [0.3, 0.4) is 0 Å². The van der Waals surface area contributed by atoms with Crippen molar-refractivity contribution < 1.29 is 4.74 Å². The molecular weight excluding hydrogens is 218 g/mol. The number of rotatable bonds is 3. The molecule has 0 saturated carbocycles. The highest BCUT2D eigenvalue weighted by atomic mass is 16.5. The molecule has 1 aromatic rings. The van der Waals surface area contributed by atoms with Gasteiger partial charge in [-0.05, 0) is 6.92 Å². The van der Waals surface area contributed by atoms with Crippen LogP contribution in [0.1, 0.15) is 18.3 Å². The Balaban J connectivity index is 2.36. The molecule has 94 valence electrons. The fraction of sp³-hybridized carbons (Fsp3) is 0.636. The molecular formula is C11H19N5O. The molecule has 0 radical (unpaired) electrons. The van der Waals surface area contributed by atoms with E-state index in [1.807, 2.05) is 13.8 Å². The fourth-order valence-electron chi connectivity index (χ4n) is 1.93. The Kier molecular flexibility index (Phi) is 3.75. The van der Waals surface area contributed by atoms with Gasteiger partial charge in [-0.2, -0.15) is 0 Å². The number of aromatic nitrogens is 2. The second kappa shape index (κ2) is 5.29. The molecule has 0 bridgehead atoms. The van der Waals surface area contributed by atoms with E-state index >= 15 is 0 Å². The Labute approximate surface area is 101 Å². The van der Waals surface area contributed by atoms with E-state index in [2.05, 4.69) is 20.3 Å². The van der Waals surface area contributed by atoms with E-state index < -0.39 is 0 Å². The number of anilines is 2. The Bertz CT molecular complexity index is 390. The number of nitrogen functional groups attached to an aromatic ring is 1. The summed E-state index contributed by atoms with van der Waals surface area (Å²) < 4.78 is 5.35. The lowest BCUT2D eigenvalue weighted by atomic mass is 10.2. The van der Waals surface area contributed by atoms with Gasteiger partial charge in [-0.3, -0.25) is 0 Å². The molecule has 1 aliphatic heterocycles. The van der Waals surface area contributed by atoms with Crippen LogP contribution < -0.4 is 16.2 Å². The Morgan fingerprint density at radius 2 is 2.06 bits per heavy atom. The molecule has 2 rings (SSSR count). The third kappa shape index (κ3) is 2.48. The van der Waals surface area contributed by atoms with Crippen LogP contribution in [0, 0.1) is 6.92 Å². The van der Waals surface area contributed by atoms with E-state index in [4.69, 9.17) is 10.6 Å². The summed E-state index contributed by atoms with van der Waals surface area (Å²) in [6.07, 6.45) is 0.798. The van der Waals surface area contributed by atoms with Crippen molar-refractivity contribution in [2.45, 2.75) is 20.3 Å². The highest BCUT2D eigenvalue weighted by Crippen LogP contribution is 2.23. The minimum atomic E-state index is 0.707. The first kappa shape index (κ1) is 12.1. The van der Waals surface area contributed by atoms with Crippen LogP contribution in [-0.2, 0) is 11.2 Å². The Morgan fingerprint density at radius 1 is 1.35 bits per heavy atom. The maximum absolute atomic E-state index is 5.49. The van der Waals surface area contributed by atoms with Crippen molar-refractivity contribution >= 4 is 11.6 Å². The molecule has 1 fully saturated rings. The molecule has 6 heteroatoms. The molecule has 1 saturated heterocycles. The maximum atomic E-state index is 5.49. The van der Waals surface area contributed by atoms with Crippen LogP contribution in [0.2, 0.25) is 0 Å². The quantitative estimate of drug-likeness (QED) is 0.588. The lowest BCUT2D eigenvalue weighted by molar-refractivity contribution is 0.122. The number of ether oxygens (including phenoxy) is 1. The van der Waals surface area contributed by atoms with Crippen molar-refractivity contribution in [1.82, 2.24) is 9.97 Å². The summed E-state index contributed by atoms with van der Waals surface area (Å²) in [6, 6.07) is 0. The van der Waals surface area contributed by atoms with Gasteiger partial charge in [0.25, 0.3) is 0 Å². The molecule has 17 heavy (non-hydrogen) atoms. The van der Waals surface area contributed by atoms with Gasteiger partial charge in [-0.15, -0.1) is 0 Å². The maximum Gasteiger partial charge on any atom is 0.148 e. The molecule has 3 N–H and O–H groups in total. The van der Waals surface area contributed by atoms with Gasteiger partial charge in [0, 0.05) is 25.1 Å². The third-order valence-corrected chi connectivity index (χ3v) is 2.93. The Morgan fingerprint density at radius 3 is 2.65 bits per heavy atom. The van der Waals surface area contributed by atoms with E-state index in [-0.39, 0.29) is 0 Å². The first-order valence-electron chi connectivity index (χ1n) is 5.93. The second-order valence-corrected chi connectivity index (χ2v) is 4.03. The molecule has 1 aromatic heterocycles. The molecule has 0 aromatic carbocycles. The van der Waals surface area contributed by atoms with Gasteiger partial charge in [0.2, 0.25) is 0 Å². The number of nitrogens with one attached hydrogen (secondary N) is 1. The zero-order chi connectivity index (χ0) is 12.3. The van der Waals surface area contributed by atoms with Gasteiger partial charge in [0.15, 0.2) is 0 Å². The normalized spacial score (nSPS) is 16.1. The minimum absolute atomic E-state index is 0.707. The summed E-state index contributed by atoms with van der Waals surface area (Å²) in [5.41, 5.74) is 3.63. The first-order valence-corrected chi connectivity index (χ1v) is 5.93. The predicted molar refractivity (Wildman–Crippen MR) is 67.0 cm³/mol. The summed E-state index contributed by atoms with van der Waals surface area (Å²) in [7, 11) is 0. The first-order chi connectivity index (χ1) is 8.26. The van der Waals surface area contributed by atoms with Crippen LogP contribution in [0.15, 0.2) is 0 Å². The van der Waals surface area contributed by atoms with Crippen LogP contribution in [0.4, 0.5) is 11.6 Å². The van der Waals surface area contributed by atoms with Crippen LogP contribution in [0.25, 0.3) is 0 Å². The summed E-state index contributed by atoms with van der Waals surface area (Å²) in [4.78, 5) is 11.2. The number of morpholine rings is 1. The van der Waals surface area contributed by atoms with Gasteiger partial charge in [-0.25, -0.2) is 15.8 Å². The zero-order valence-electron chi connectivity index (χ0n) is 10.4. The molecule has 0 spiro atoms. The number of nitrogens with zero attached hydrogens (tertiary/aromatic N) is 3. The fourth-order valence-corrected chi connectivity index (χ4v) is 1.93. The molecule has 0 amide bonds. The van der Waals surface area contributed by atoms with Gasteiger partial charge in [0.05, 0.1) is 13.2 Å². The second-order valence-electron chi connectivity index (χ2n) is 4.03. The van der Waals surface area contributed by atoms with Gasteiger partial charge >= 0.3 is 0 Å². The molecule has 0 unspecified atom stereocenters. The summed E-state index contributed by atoms with van der Waals surface area (Å²) in [5.74, 6) is 7.97. The van der Waals surface area contributed by atoms with E-state index in [1.165, 1.54) is 0 Å². The van der Waals surface area contributed by atoms with Crippen molar-refractivity contribution in [3.05, 3.63) is 11.4 Å². The summed E-state index contributed by atoms with van der Waals surface area (Å²) >= 11 is 0. The number of aryl methyl sites for hydroxylation is 1. The topological polar surface area (TPSA) is 76.3 Å². The molecule has 0 atom stereocenters. The molecule has 2 heterocycles. The molecule has 1 aliphatic rings. The largest absolute Gasteiger partial charge is 0.378 e. The van der Waals surface area contributed by atoms with Gasteiger partial charge in [-0.1, -0.05) is 6.92 Å². The Hall–Kier alpha value is -1.40. The smallest absolute Gasteiger partial charge is 0.148 e. The van der Waals surface area contributed by atoms with Crippen LogP contribution in [0.5, 0.6) is 0 Å². The van der Waals surface area contributed by atoms with Crippen LogP contribution >= 0.6 is 0 Å². The summed E-state index contributed by atoms with van der Waals surface area (Å²) in [5, 5.41) is 0. The third-order valence-electron chi connectivity index (χ3n) is 2.93. The number of nitrogens with two attached hydrogens (primary N) is 1. The number of hydrogen-bond acceptors (Lipinski definition) is 6. The van der Waals surface area contributed by atoms with E-state index in [1.54, 1.807) is 0 Å². The number of hydrogen-bond donors (Lipinski definition) is 2. The lowest BCUT2D eigenvalue weighted by Gasteiger charge is -2.29. The van der Waals surface area contributed by atoms with Crippen molar-refractivity contribution in [2.24, 2.45) is 5.84 Å². The highest BCUT2D eigenvalue weighted by Gasteiger charge is 2.18. The molecule has 6 nitrogen and oxygen atoms in total. The van der Waals surface area contributed by atoms with E-state index in [0.717, 1.165) is 49.9 Å². The van der Waals surface area contributed by atoms with Crippen molar-refractivity contribution in [2.75, 3.05) is 36.6 Å². The van der Waals surface area contributed by atoms with Crippen molar-refractivity contribution in [3.8, 4) is 0 Å². The van der Waals surface area contributed by atoms with Crippen molar-refractivity contribution in [3.63, 3.8) is 0 Å². The standard InChI is InChI=1S/C11H19N5O/c1-3-9-13-10(15-12)8(2)11(14-9)16-4-6-17-7-5-16/h3-7,12H2,1-2H3,(H,13,14,15). The molecule has 0 aliphatic carbocycles.